The van der Waals surface area contributed by atoms with E-state index in [0.29, 0.717) is 12.1 Å². The smallest absolute Gasteiger partial charge is 0.248 e. The number of rotatable bonds is 8. The van der Waals surface area contributed by atoms with Crippen molar-refractivity contribution in [1.82, 2.24) is 0 Å². The van der Waals surface area contributed by atoms with E-state index < -0.39 is 0 Å². The molecular weight excluding hydrogens is 228 g/mol. The van der Waals surface area contributed by atoms with Crippen LogP contribution in [0.3, 0.4) is 0 Å². The van der Waals surface area contributed by atoms with Gasteiger partial charge in [-0.25, -0.2) is 9.79 Å². The van der Waals surface area contributed by atoms with Gasteiger partial charge in [-0.1, -0.05) is 31.0 Å². The number of isocyanates is 1. The number of carbonyl (C=O) groups is 1. The van der Waals surface area contributed by atoms with E-state index in [9.17, 15) is 9.59 Å². The van der Waals surface area contributed by atoms with E-state index >= 15 is 0 Å². The Morgan fingerprint density at radius 1 is 1.17 bits per heavy atom. The second kappa shape index (κ2) is 8.20. The first kappa shape index (κ1) is 14.1. The van der Waals surface area contributed by atoms with Gasteiger partial charge >= 0.3 is 0 Å². The van der Waals surface area contributed by atoms with Crippen molar-refractivity contribution in [2.45, 2.75) is 32.1 Å². The van der Waals surface area contributed by atoms with Crippen LogP contribution in [-0.4, -0.2) is 18.5 Å². The first-order valence-electron chi connectivity index (χ1n) is 6.17. The Kier molecular flexibility index (Phi) is 6.44. The molecule has 0 aliphatic rings. The second-order valence-electron chi connectivity index (χ2n) is 4.16. The van der Waals surface area contributed by atoms with E-state index in [0.717, 1.165) is 37.7 Å². The molecule has 0 aliphatic carbocycles. The maximum Gasteiger partial charge on any atom is 0.248 e. The number of primary amides is 1. The molecule has 0 fully saturated rings. The van der Waals surface area contributed by atoms with Crippen molar-refractivity contribution in [3.63, 3.8) is 0 Å². The van der Waals surface area contributed by atoms with Gasteiger partial charge in [0.2, 0.25) is 12.0 Å². The van der Waals surface area contributed by atoms with Crippen molar-refractivity contribution in [3.8, 4) is 0 Å². The van der Waals surface area contributed by atoms with E-state index in [1.165, 1.54) is 6.08 Å². The number of aryl methyl sites for hydroxylation is 1. The highest BCUT2D eigenvalue weighted by molar-refractivity contribution is 5.94. The summed E-state index contributed by atoms with van der Waals surface area (Å²) >= 11 is 0. The number of hydrogen-bond donors (Lipinski definition) is 1. The molecule has 0 aliphatic heterocycles. The maximum absolute atomic E-state index is 11.2. The van der Waals surface area contributed by atoms with Crippen molar-refractivity contribution in [2.24, 2.45) is 10.7 Å². The Hall–Kier alpha value is -1.93. The summed E-state index contributed by atoms with van der Waals surface area (Å²) in [5.74, 6) is -0.370. The van der Waals surface area contributed by atoms with Crippen LogP contribution in [0.25, 0.3) is 0 Å². The third-order valence-corrected chi connectivity index (χ3v) is 2.81. The highest BCUT2D eigenvalue weighted by Gasteiger charge is 2.06. The Morgan fingerprint density at radius 2 is 1.89 bits per heavy atom. The highest BCUT2D eigenvalue weighted by atomic mass is 16.1. The topological polar surface area (TPSA) is 72.5 Å². The SMILES string of the molecule is NC(=O)c1ccccc1CCCCCCN=C=O. The molecule has 18 heavy (non-hydrogen) atoms. The van der Waals surface area contributed by atoms with E-state index in [-0.39, 0.29) is 5.91 Å². The molecule has 1 rings (SSSR count). The molecule has 96 valence electrons. The molecule has 0 unspecified atom stereocenters. The van der Waals surface area contributed by atoms with E-state index in [2.05, 4.69) is 4.99 Å². The lowest BCUT2D eigenvalue weighted by molar-refractivity contribution is 0.0999. The maximum atomic E-state index is 11.2. The number of aliphatic imine (C=N–C) groups is 1. The summed E-state index contributed by atoms with van der Waals surface area (Å²) in [5, 5.41) is 0. The fourth-order valence-electron chi connectivity index (χ4n) is 1.88. The molecule has 1 aromatic rings. The van der Waals surface area contributed by atoms with Crippen LogP contribution < -0.4 is 5.73 Å². The fraction of sp³-hybridized carbons (Fsp3) is 0.429. The van der Waals surface area contributed by atoms with E-state index in [1.807, 2.05) is 18.2 Å². The van der Waals surface area contributed by atoms with Crippen molar-refractivity contribution < 1.29 is 9.59 Å². The largest absolute Gasteiger partial charge is 0.366 e. The Bertz CT molecular complexity index is 437. The minimum atomic E-state index is -0.370. The number of amides is 1. The molecule has 1 aromatic carbocycles. The summed E-state index contributed by atoms with van der Waals surface area (Å²) in [5.41, 5.74) is 6.94. The lowest BCUT2D eigenvalue weighted by Gasteiger charge is -2.05. The normalized spacial score (nSPS) is 9.78. The summed E-state index contributed by atoms with van der Waals surface area (Å²) < 4.78 is 0. The van der Waals surface area contributed by atoms with Crippen LogP contribution in [0, 0.1) is 0 Å². The Balaban J connectivity index is 2.31. The minimum Gasteiger partial charge on any atom is -0.366 e. The van der Waals surface area contributed by atoms with Crippen LogP contribution in [0.15, 0.2) is 29.3 Å². The summed E-state index contributed by atoms with van der Waals surface area (Å²) in [6.45, 7) is 0.557. The molecular formula is C14H18N2O2. The van der Waals surface area contributed by atoms with Crippen LogP contribution >= 0.6 is 0 Å². The van der Waals surface area contributed by atoms with Gasteiger partial charge in [0.15, 0.2) is 0 Å². The van der Waals surface area contributed by atoms with Gasteiger partial charge in [0, 0.05) is 5.56 Å². The van der Waals surface area contributed by atoms with Crippen molar-refractivity contribution in [3.05, 3.63) is 35.4 Å². The van der Waals surface area contributed by atoms with Crippen molar-refractivity contribution in [1.29, 1.82) is 0 Å². The molecule has 0 saturated heterocycles. The molecule has 0 heterocycles. The number of hydrogen-bond acceptors (Lipinski definition) is 3. The Labute approximate surface area is 107 Å². The molecule has 0 aromatic heterocycles. The minimum absolute atomic E-state index is 0.370. The predicted octanol–water partition coefficient (Wildman–Crippen LogP) is 2.22. The lowest BCUT2D eigenvalue weighted by atomic mass is 10.0. The molecule has 4 heteroatoms. The first-order valence-corrected chi connectivity index (χ1v) is 6.17. The predicted molar refractivity (Wildman–Crippen MR) is 70.1 cm³/mol. The van der Waals surface area contributed by atoms with Gasteiger partial charge in [-0.05, 0) is 30.9 Å². The van der Waals surface area contributed by atoms with Crippen molar-refractivity contribution in [2.75, 3.05) is 6.54 Å². The molecule has 2 N–H and O–H groups in total. The summed E-state index contributed by atoms with van der Waals surface area (Å²) in [4.78, 5) is 24.5. The number of carbonyl (C=O) groups excluding carboxylic acids is 2. The molecule has 0 atom stereocenters. The lowest BCUT2D eigenvalue weighted by Crippen LogP contribution is -2.13. The second-order valence-corrected chi connectivity index (χ2v) is 4.16. The average molecular weight is 246 g/mol. The summed E-state index contributed by atoms with van der Waals surface area (Å²) in [6.07, 6.45) is 6.39. The molecule has 0 spiro atoms. The van der Waals surface area contributed by atoms with Crippen LogP contribution in [0.2, 0.25) is 0 Å². The Morgan fingerprint density at radius 3 is 2.61 bits per heavy atom. The standard InChI is InChI=1S/C14H18N2O2/c15-14(18)13-9-5-4-8-12(13)7-3-1-2-6-10-16-11-17/h4-5,8-9H,1-3,6-7,10H2,(H2,15,18). The van der Waals surface area contributed by atoms with Crippen LogP contribution in [0.1, 0.15) is 41.6 Å². The highest BCUT2D eigenvalue weighted by Crippen LogP contribution is 2.12. The van der Waals surface area contributed by atoms with Crippen LogP contribution in [0.4, 0.5) is 0 Å². The van der Waals surface area contributed by atoms with Gasteiger partial charge in [0.1, 0.15) is 0 Å². The van der Waals surface area contributed by atoms with Crippen LogP contribution in [0.5, 0.6) is 0 Å². The van der Waals surface area contributed by atoms with Crippen molar-refractivity contribution >= 4 is 12.0 Å². The molecule has 1 amide bonds. The zero-order valence-corrected chi connectivity index (χ0v) is 10.4. The third kappa shape index (κ3) is 4.93. The van der Waals surface area contributed by atoms with Gasteiger partial charge in [-0.15, -0.1) is 0 Å². The molecule has 4 nitrogen and oxygen atoms in total. The van der Waals surface area contributed by atoms with Gasteiger partial charge in [0.25, 0.3) is 0 Å². The number of nitrogens with zero attached hydrogens (tertiary/aromatic N) is 1. The summed E-state index contributed by atoms with van der Waals surface area (Å²) in [6, 6.07) is 7.44. The number of unbranched alkanes of at least 4 members (excludes halogenated alkanes) is 3. The van der Waals surface area contributed by atoms with Crippen LogP contribution in [-0.2, 0) is 11.2 Å². The number of nitrogens with two attached hydrogens (primary N) is 1. The molecule has 0 radical (unpaired) electrons. The third-order valence-electron chi connectivity index (χ3n) is 2.81. The zero-order chi connectivity index (χ0) is 13.2. The average Bonchev–Trinajstić information content (AvgIpc) is 2.38. The molecule has 0 saturated carbocycles. The van der Waals surface area contributed by atoms with E-state index in [4.69, 9.17) is 5.73 Å². The first-order chi connectivity index (χ1) is 8.75. The fourth-order valence-corrected chi connectivity index (χ4v) is 1.88. The zero-order valence-electron chi connectivity index (χ0n) is 10.4. The van der Waals surface area contributed by atoms with Gasteiger partial charge in [0.05, 0.1) is 6.54 Å². The monoisotopic (exact) mass is 246 g/mol. The number of benzene rings is 1. The van der Waals surface area contributed by atoms with Gasteiger partial charge in [-0.2, -0.15) is 0 Å². The molecule has 0 bridgehead atoms. The van der Waals surface area contributed by atoms with Gasteiger partial charge < -0.3 is 5.73 Å². The van der Waals surface area contributed by atoms with E-state index in [1.54, 1.807) is 6.07 Å². The summed E-state index contributed by atoms with van der Waals surface area (Å²) in [7, 11) is 0. The van der Waals surface area contributed by atoms with Gasteiger partial charge in [-0.3, -0.25) is 4.79 Å². The quantitative estimate of drug-likeness (QED) is 0.434.